The van der Waals surface area contributed by atoms with Crippen LogP contribution >= 0.6 is 15.9 Å². The molecule has 21 heavy (non-hydrogen) atoms. The summed E-state index contributed by atoms with van der Waals surface area (Å²) in [6.07, 6.45) is 1.91. The molecule has 1 aliphatic rings. The van der Waals surface area contributed by atoms with Gasteiger partial charge in [0.05, 0.1) is 11.6 Å². The average Bonchev–Trinajstić information content (AvgIpc) is 2.45. The molecule has 4 nitrogen and oxygen atoms in total. The quantitative estimate of drug-likeness (QED) is 0.855. The third-order valence-corrected chi connectivity index (χ3v) is 4.53. The molecule has 1 heterocycles. The molecule has 0 saturated carbocycles. The van der Waals surface area contributed by atoms with Crippen LogP contribution in [0.3, 0.4) is 0 Å². The first-order valence-corrected chi connectivity index (χ1v) is 8.32. The summed E-state index contributed by atoms with van der Waals surface area (Å²) >= 11 is 3.66. The second-order valence-corrected chi connectivity index (χ2v) is 6.86. The molecule has 2 rings (SSSR count). The van der Waals surface area contributed by atoms with Gasteiger partial charge in [-0.3, -0.25) is 4.79 Å². The lowest BCUT2D eigenvalue weighted by atomic mass is 9.97. The predicted octanol–water partition coefficient (Wildman–Crippen LogP) is 2.65. The smallest absolute Gasteiger partial charge is 0.222 e. The maximum absolute atomic E-state index is 11.4. The first-order valence-electron chi connectivity index (χ1n) is 7.53. The van der Waals surface area contributed by atoms with Gasteiger partial charge in [-0.25, -0.2) is 0 Å². The Labute approximate surface area is 135 Å². The number of nitrogens with one attached hydrogen (secondary N) is 1. The molecule has 1 fully saturated rings. The molecule has 0 aliphatic carbocycles. The summed E-state index contributed by atoms with van der Waals surface area (Å²) in [7, 11) is 0. The van der Waals surface area contributed by atoms with Crippen molar-refractivity contribution in [3.63, 3.8) is 0 Å². The van der Waals surface area contributed by atoms with E-state index >= 15 is 0 Å². The van der Waals surface area contributed by atoms with E-state index in [0.717, 1.165) is 42.6 Å². The van der Waals surface area contributed by atoms with E-state index in [9.17, 15) is 4.79 Å². The summed E-state index contributed by atoms with van der Waals surface area (Å²) in [5, 5.41) is 3.41. The average molecular weight is 354 g/mol. The highest BCUT2D eigenvalue weighted by Gasteiger charge is 2.25. The van der Waals surface area contributed by atoms with Crippen molar-refractivity contribution < 1.29 is 4.79 Å². The minimum atomic E-state index is -0.187. The van der Waals surface area contributed by atoms with Crippen LogP contribution in [-0.4, -0.2) is 25.0 Å². The second-order valence-electron chi connectivity index (χ2n) is 6.01. The number of halogens is 1. The number of hydrogen-bond donors (Lipinski definition) is 2. The van der Waals surface area contributed by atoms with Gasteiger partial charge in [-0.05, 0) is 46.5 Å². The first-order chi connectivity index (χ1) is 9.97. The van der Waals surface area contributed by atoms with Crippen molar-refractivity contribution in [1.82, 2.24) is 5.32 Å². The molecule has 0 aromatic heterocycles. The van der Waals surface area contributed by atoms with Crippen LogP contribution in [0.2, 0.25) is 0 Å². The fourth-order valence-electron chi connectivity index (χ4n) is 2.67. The fraction of sp³-hybridized carbons (Fsp3) is 0.562. The molecule has 0 spiro atoms. The molecule has 1 unspecified atom stereocenters. The summed E-state index contributed by atoms with van der Waals surface area (Å²) in [5.41, 5.74) is 7.85. The minimum absolute atomic E-state index is 0.0343. The molecule has 1 amide bonds. The van der Waals surface area contributed by atoms with Crippen molar-refractivity contribution >= 4 is 27.5 Å². The minimum Gasteiger partial charge on any atom is -0.370 e. The van der Waals surface area contributed by atoms with Crippen LogP contribution in [-0.2, 0) is 11.3 Å². The number of primary amides is 1. The Morgan fingerprint density at radius 1 is 1.52 bits per heavy atom. The van der Waals surface area contributed by atoms with Gasteiger partial charge in [0.15, 0.2) is 0 Å². The van der Waals surface area contributed by atoms with Crippen molar-refractivity contribution in [2.45, 2.75) is 39.3 Å². The Balaban J connectivity index is 2.07. The zero-order chi connectivity index (χ0) is 15.4. The maximum atomic E-state index is 11.4. The number of rotatable bonds is 5. The van der Waals surface area contributed by atoms with Crippen molar-refractivity contribution in [3.05, 3.63) is 28.2 Å². The van der Waals surface area contributed by atoms with Crippen molar-refractivity contribution in [1.29, 1.82) is 0 Å². The zero-order valence-corrected chi connectivity index (χ0v) is 14.3. The molecule has 0 bridgehead atoms. The van der Waals surface area contributed by atoms with Crippen LogP contribution in [0.25, 0.3) is 0 Å². The van der Waals surface area contributed by atoms with Crippen LogP contribution in [0.5, 0.6) is 0 Å². The summed E-state index contributed by atoms with van der Waals surface area (Å²) < 4.78 is 1.08. The van der Waals surface area contributed by atoms with Gasteiger partial charge in [-0.15, -0.1) is 0 Å². The second kappa shape index (κ2) is 7.27. The Morgan fingerprint density at radius 2 is 2.29 bits per heavy atom. The molecular weight excluding hydrogens is 330 g/mol. The topological polar surface area (TPSA) is 58.4 Å². The highest BCUT2D eigenvalue weighted by atomic mass is 79.9. The summed E-state index contributed by atoms with van der Waals surface area (Å²) in [6.45, 7) is 6.84. The lowest BCUT2D eigenvalue weighted by molar-refractivity contribution is -0.122. The lowest BCUT2D eigenvalue weighted by Crippen LogP contribution is -2.41. The van der Waals surface area contributed by atoms with Crippen LogP contribution in [0.15, 0.2) is 22.7 Å². The first kappa shape index (κ1) is 16.3. The molecule has 3 N–H and O–H groups in total. The fourth-order valence-corrected chi connectivity index (χ4v) is 3.34. The van der Waals surface area contributed by atoms with E-state index in [1.807, 2.05) is 0 Å². The van der Waals surface area contributed by atoms with Crippen molar-refractivity contribution in [2.24, 2.45) is 11.7 Å². The Hall–Kier alpha value is -1.07. The molecule has 5 heteroatoms. The lowest BCUT2D eigenvalue weighted by Gasteiger charge is -2.33. The van der Waals surface area contributed by atoms with Crippen molar-refractivity contribution in [2.75, 3.05) is 18.0 Å². The van der Waals surface area contributed by atoms with Gasteiger partial charge in [0.25, 0.3) is 0 Å². The number of amides is 1. The number of carbonyl (C=O) groups is 1. The van der Waals surface area contributed by atoms with E-state index < -0.39 is 0 Å². The number of nitrogens with two attached hydrogens (primary N) is 1. The molecule has 1 aromatic rings. The van der Waals surface area contributed by atoms with Gasteiger partial charge in [-0.2, -0.15) is 0 Å². The molecular formula is C16H24BrN3O. The number of nitrogens with zero attached hydrogens (tertiary/aromatic N) is 1. The van der Waals surface area contributed by atoms with E-state index in [1.54, 1.807) is 0 Å². The standard InChI is InChI=1S/C16H24BrN3O/c1-11(2)19-9-12-5-6-15(14(17)8-12)20-7-3-4-13(10-20)16(18)21/h5-6,8,11,13,19H,3-4,7,9-10H2,1-2H3,(H2,18,21). The normalized spacial score (nSPS) is 19.0. The zero-order valence-electron chi connectivity index (χ0n) is 12.7. The monoisotopic (exact) mass is 353 g/mol. The maximum Gasteiger partial charge on any atom is 0.222 e. The molecule has 1 aliphatic heterocycles. The van der Waals surface area contributed by atoms with Crippen LogP contribution in [0.4, 0.5) is 5.69 Å². The Bertz CT molecular complexity index is 504. The van der Waals surface area contributed by atoms with Gasteiger partial charge in [0.1, 0.15) is 0 Å². The van der Waals surface area contributed by atoms with Gasteiger partial charge >= 0.3 is 0 Å². The van der Waals surface area contributed by atoms with E-state index in [2.05, 4.69) is 58.2 Å². The number of benzene rings is 1. The highest BCUT2D eigenvalue weighted by Crippen LogP contribution is 2.31. The molecule has 116 valence electrons. The Kier molecular flexibility index (Phi) is 5.65. The van der Waals surface area contributed by atoms with Crippen LogP contribution in [0, 0.1) is 5.92 Å². The van der Waals surface area contributed by atoms with E-state index in [1.165, 1.54) is 5.56 Å². The number of piperidine rings is 1. The van der Waals surface area contributed by atoms with Crippen LogP contribution < -0.4 is 16.0 Å². The number of hydrogen-bond acceptors (Lipinski definition) is 3. The third kappa shape index (κ3) is 4.45. The van der Waals surface area contributed by atoms with E-state index in [0.29, 0.717) is 6.04 Å². The summed E-state index contributed by atoms with van der Waals surface area (Å²) in [5.74, 6) is -0.221. The van der Waals surface area contributed by atoms with Crippen molar-refractivity contribution in [3.8, 4) is 0 Å². The molecule has 1 saturated heterocycles. The summed E-state index contributed by atoms with van der Waals surface area (Å²) in [4.78, 5) is 13.6. The molecule has 1 aromatic carbocycles. The molecule has 0 radical (unpaired) electrons. The van der Waals surface area contributed by atoms with Gasteiger partial charge in [-0.1, -0.05) is 19.9 Å². The van der Waals surface area contributed by atoms with Crippen LogP contribution in [0.1, 0.15) is 32.3 Å². The summed E-state index contributed by atoms with van der Waals surface area (Å²) in [6, 6.07) is 6.90. The third-order valence-electron chi connectivity index (χ3n) is 3.89. The Morgan fingerprint density at radius 3 is 2.90 bits per heavy atom. The largest absolute Gasteiger partial charge is 0.370 e. The van der Waals surface area contributed by atoms with E-state index in [4.69, 9.17) is 5.73 Å². The SMILES string of the molecule is CC(C)NCc1ccc(N2CCCC(C(N)=O)C2)c(Br)c1. The predicted molar refractivity (Wildman–Crippen MR) is 90.2 cm³/mol. The highest BCUT2D eigenvalue weighted by molar-refractivity contribution is 9.10. The number of carbonyl (C=O) groups excluding carboxylic acids is 1. The number of anilines is 1. The van der Waals surface area contributed by atoms with Gasteiger partial charge < -0.3 is 16.0 Å². The molecule has 1 atom stereocenters. The van der Waals surface area contributed by atoms with Gasteiger partial charge in [0.2, 0.25) is 5.91 Å². The van der Waals surface area contributed by atoms with Gasteiger partial charge in [0, 0.05) is 30.1 Å². The van der Waals surface area contributed by atoms with E-state index in [-0.39, 0.29) is 11.8 Å².